The van der Waals surface area contributed by atoms with Crippen molar-refractivity contribution < 1.29 is 13.9 Å². The van der Waals surface area contributed by atoms with Crippen molar-refractivity contribution in [2.75, 3.05) is 11.9 Å². The molecule has 4 rings (SSSR count). The second-order valence-corrected chi connectivity index (χ2v) is 6.36. The number of carbonyl (C=O) groups excluding carboxylic acids is 1. The molecule has 1 amide bonds. The molecule has 4 aromatic rings. The Morgan fingerprint density at radius 1 is 1.11 bits per heavy atom. The van der Waals surface area contributed by atoms with Gasteiger partial charge in [-0.15, -0.1) is 0 Å². The average molecular weight is 375 g/mol. The Hall–Kier alpha value is -3.67. The number of aryl methyl sites for hydroxylation is 1. The number of halogens is 1. The monoisotopic (exact) mass is 375 g/mol. The maximum absolute atomic E-state index is 13.6. The Kier molecular flexibility index (Phi) is 4.76. The third-order valence-corrected chi connectivity index (χ3v) is 4.35. The molecule has 28 heavy (non-hydrogen) atoms. The first-order chi connectivity index (χ1) is 13.6. The summed E-state index contributed by atoms with van der Waals surface area (Å²) in [7, 11) is 0. The largest absolute Gasteiger partial charge is 0.481 e. The van der Waals surface area contributed by atoms with E-state index in [-0.39, 0.29) is 18.3 Å². The second-order valence-electron chi connectivity index (χ2n) is 6.36. The summed E-state index contributed by atoms with van der Waals surface area (Å²) < 4.78 is 20.8. The van der Waals surface area contributed by atoms with E-state index in [1.165, 1.54) is 12.1 Å². The molecule has 0 saturated carbocycles. The van der Waals surface area contributed by atoms with E-state index in [2.05, 4.69) is 10.3 Å². The van der Waals surface area contributed by atoms with Crippen LogP contribution >= 0.6 is 0 Å². The molecule has 0 fully saturated rings. The van der Waals surface area contributed by atoms with Gasteiger partial charge in [0.25, 0.3) is 5.91 Å². The molecule has 0 bridgehead atoms. The van der Waals surface area contributed by atoms with E-state index in [4.69, 9.17) is 4.74 Å². The van der Waals surface area contributed by atoms with Gasteiger partial charge in [-0.2, -0.15) is 0 Å². The maximum atomic E-state index is 13.6. The van der Waals surface area contributed by atoms with Crippen LogP contribution in [0.15, 0.2) is 73.1 Å². The van der Waals surface area contributed by atoms with Crippen molar-refractivity contribution in [2.45, 2.75) is 6.92 Å². The number of aromatic nitrogens is 2. The predicted molar refractivity (Wildman–Crippen MR) is 106 cm³/mol. The van der Waals surface area contributed by atoms with Crippen LogP contribution in [0, 0.1) is 12.7 Å². The van der Waals surface area contributed by atoms with E-state index >= 15 is 0 Å². The number of pyridine rings is 1. The lowest BCUT2D eigenvalue weighted by Crippen LogP contribution is -2.20. The number of imidazole rings is 1. The van der Waals surface area contributed by atoms with Crippen molar-refractivity contribution >= 4 is 17.2 Å². The first-order valence-corrected chi connectivity index (χ1v) is 8.83. The van der Waals surface area contributed by atoms with E-state index in [1.807, 2.05) is 54.0 Å². The van der Waals surface area contributed by atoms with Crippen molar-refractivity contribution in [3.05, 3.63) is 84.4 Å². The van der Waals surface area contributed by atoms with Gasteiger partial charge in [-0.3, -0.25) is 4.79 Å². The van der Waals surface area contributed by atoms with Gasteiger partial charge in [0.05, 0.1) is 11.4 Å². The maximum Gasteiger partial charge on any atom is 0.262 e. The fourth-order valence-electron chi connectivity index (χ4n) is 2.99. The van der Waals surface area contributed by atoms with Crippen LogP contribution < -0.4 is 10.1 Å². The van der Waals surface area contributed by atoms with E-state index in [0.29, 0.717) is 5.69 Å². The number of amides is 1. The SMILES string of the molecule is Cc1cccn2cc(-c3ccccc3NC(=O)COc3ccccc3F)nc12. The molecule has 0 radical (unpaired) electrons. The summed E-state index contributed by atoms with van der Waals surface area (Å²) >= 11 is 0. The minimum atomic E-state index is -0.504. The van der Waals surface area contributed by atoms with Crippen LogP contribution in [0.25, 0.3) is 16.9 Å². The summed E-state index contributed by atoms with van der Waals surface area (Å²) in [6, 6.07) is 17.4. The highest BCUT2D eigenvalue weighted by Gasteiger charge is 2.13. The van der Waals surface area contributed by atoms with Crippen LogP contribution in [0.3, 0.4) is 0 Å². The lowest BCUT2D eigenvalue weighted by atomic mass is 10.1. The molecule has 0 aliphatic carbocycles. The van der Waals surface area contributed by atoms with E-state index in [1.54, 1.807) is 18.2 Å². The van der Waals surface area contributed by atoms with Crippen molar-refractivity contribution in [1.29, 1.82) is 0 Å². The molecule has 0 aliphatic rings. The molecule has 140 valence electrons. The quantitative estimate of drug-likeness (QED) is 0.560. The number of anilines is 1. The third kappa shape index (κ3) is 3.57. The number of hydrogen-bond donors (Lipinski definition) is 1. The molecule has 1 N–H and O–H groups in total. The molecule has 5 nitrogen and oxygen atoms in total. The molecule has 0 unspecified atom stereocenters. The van der Waals surface area contributed by atoms with Gasteiger partial charge in [0, 0.05) is 18.0 Å². The van der Waals surface area contributed by atoms with Crippen molar-refractivity contribution in [3.63, 3.8) is 0 Å². The standard InChI is InChI=1S/C22H18FN3O2/c1-15-7-6-12-26-13-19(25-22(15)26)16-8-2-4-10-18(16)24-21(27)14-28-20-11-5-3-9-17(20)23/h2-13H,14H2,1H3,(H,24,27). The Morgan fingerprint density at radius 3 is 2.71 bits per heavy atom. The zero-order chi connectivity index (χ0) is 19.5. The number of nitrogens with zero attached hydrogens (tertiary/aromatic N) is 2. The zero-order valence-electron chi connectivity index (χ0n) is 15.2. The van der Waals surface area contributed by atoms with Crippen LogP contribution in [0.4, 0.5) is 10.1 Å². The van der Waals surface area contributed by atoms with Gasteiger partial charge in [-0.05, 0) is 36.8 Å². The molecule has 2 aromatic carbocycles. The number of nitrogens with one attached hydrogen (secondary N) is 1. The van der Waals surface area contributed by atoms with Crippen LogP contribution in [0.5, 0.6) is 5.75 Å². The number of rotatable bonds is 5. The number of benzene rings is 2. The Bertz CT molecular complexity index is 1150. The van der Waals surface area contributed by atoms with Crippen LogP contribution in [0.2, 0.25) is 0 Å². The molecule has 0 spiro atoms. The number of fused-ring (bicyclic) bond motifs is 1. The predicted octanol–water partition coefficient (Wildman–Crippen LogP) is 4.47. The van der Waals surface area contributed by atoms with Gasteiger partial charge in [-0.25, -0.2) is 9.37 Å². The van der Waals surface area contributed by atoms with Gasteiger partial charge >= 0.3 is 0 Å². The molecule has 2 aromatic heterocycles. The summed E-state index contributed by atoms with van der Waals surface area (Å²) in [5.41, 5.74) is 4.09. The first kappa shape index (κ1) is 17.7. The first-order valence-electron chi connectivity index (χ1n) is 8.83. The van der Waals surface area contributed by atoms with Gasteiger partial charge in [0.2, 0.25) is 0 Å². The summed E-state index contributed by atoms with van der Waals surface area (Å²) in [6.45, 7) is 1.71. The lowest BCUT2D eigenvalue weighted by Gasteiger charge is -2.10. The fourth-order valence-corrected chi connectivity index (χ4v) is 2.99. The number of carbonyl (C=O) groups is 1. The smallest absolute Gasteiger partial charge is 0.262 e. The summed E-state index contributed by atoms with van der Waals surface area (Å²) in [5.74, 6) is -0.840. The summed E-state index contributed by atoms with van der Waals surface area (Å²) in [5, 5.41) is 2.82. The van der Waals surface area contributed by atoms with Crippen molar-refractivity contribution in [1.82, 2.24) is 9.38 Å². The topological polar surface area (TPSA) is 55.6 Å². The fraction of sp³-hybridized carbons (Fsp3) is 0.0909. The molecular weight excluding hydrogens is 357 g/mol. The van der Waals surface area contributed by atoms with Crippen LogP contribution in [-0.4, -0.2) is 21.9 Å². The highest BCUT2D eigenvalue weighted by molar-refractivity contribution is 5.96. The van der Waals surface area contributed by atoms with Gasteiger partial charge in [0.1, 0.15) is 5.65 Å². The second kappa shape index (κ2) is 7.52. The molecule has 0 saturated heterocycles. The van der Waals surface area contributed by atoms with E-state index in [0.717, 1.165) is 22.5 Å². The summed E-state index contributed by atoms with van der Waals surface area (Å²) in [4.78, 5) is 17.0. The zero-order valence-corrected chi connectivity index (χ0v) is 15.2. The number of hydrogen-bond acceptors (Lipinski definition) is 3. The van der Waals surface area contributed by atoms with Crippen molar-refractivity contribution in [3.8, 4) is 17.0 Å². The number of ether oxygens (including phenoxy) is 1. The third-order valence-electron chi connectivity index (χ3n) is 4.35. The highest BCUT2D eigenvalue weighted by Crippen LogP contribution is 2.28. The van der Waals surface area contributed by atoms with E-state index in [9.17, 15) is 9.18 Å². The Labute approximate surface area is 161 Å². The normalized spacial score (nSPS) is 10.8. The average Bonchev–Trinajstić information content (AvgIpc) is 3.13. The Morgan fingerprint density at radius 2 is 1.89 bits per heavy atom. The molecule has 0 atom stereocenters. The minimum Gasteiger partial charge on any atom is -0.481 e. The molecular formula is C22H18FN3O2. The van der Waals surface area contributed by atoms with Crippen molar-refractivity contribution in [2.24, 2.45) is 0 Å². The van der Waals surface area contributed by atoms with E-state index < -0.39 is 5.82 Å². The highest BCUT2D eigenvalue weighted by atomic mass is 19.1. The van der Waals surface area contributed by atoms with Crippen LogP contribution in [0.1, 0.15) is 5.56 Å². The lowest BCUT2D eigenvalue weighted by molar-refractivity contribution is -0.118. The Balaban J connectivity index is 1.55. The van der Waals surface area contributed by atoms with Gasteiger partial charge < -0.3 is 14.5 Å². The summed E-state index contributed by atoms with van der Waals surface area (Å²) in [6.07, 6.45) is 3.85. The molecule has 6 heteroatoms. The molecule has 0 aliphatic heterocycles. The van der Waals surface area contributed by atoms with Gasteiger partial charge in [-0.1, -0.05) is 36.4 Å². The molecule has 2 heterocycles. The number of para-hydroxylation sites is 2. The van der Waals surface area contributed by atoms with Crippen LogP contribution in [-0.2, 0) is 4.79 Å². The van der Waals surface area contributed by atoms with Gasteiger partial charge in [0.15, 0.2) is 18.2 Å². The minimum absolute atomic E-state index is 0.0433.